The highest BCUT2D eigenvalue weighted by Crippen LogP contribution is 2.35. The monoisotopic (exact) mass is 317 g/mol. The van der Waals surface area contributed by atoms with Crippen LogP contribution in [-0.2, 0) is 14.6 Å². The maximum atomic E-state index is 11.8. The molecule has 0 radical (unpaired) electrons. The van der Waals surface area contributed by atoms with E-state index in [9.17, 15) is 13.2 Å². The maximum Gasteiger partial charge on any atom is 0.318 e. The highest BCUT2D eigenvalue weighted by molar-refractivity contribution is 7.92. The number of hydrogen-bond acceptors (Lipinski definition) is 4. The fourth-order valence-electron chi connectivity index (χ4n) is 3.46. The Morgan fingerprint density at radius 1 is 1.10 bits per heavy atom. The smallest absolute Gasteiger partial charge is 0.318 e. The van der Waals surface area contributed by atoms with Crippen LogP contribution in [0.2, 0.25) is 0 Å². The van der Waals surface area contributed by atoms with Crippen molar-refractivity contribution in [3.63, 3.8) is 0 Å². The second-order valence-electron chi connectivity index (χ2n) is 6.54. The van der Waals surface area contributed by atoms with Crippen LogP contribution >= 0.6 is 0 Å². The molecule has 21 heavy (non-hydrogen) atoms. The van der Waals surface area contributed by atoms with E-state index in [4.69, 9.17) is 5.11 Å². The number of carboxylic acids is 1. The topological polar surface area (TPSA) is 74.7 Å². The quantitative estimate of drug-likeness (QED) is 0.740. The summed E-state index contributed by atoms with van der Waals surface area (Å²) in [5.41, 5.74) is 0. The van der Waals surface area contributed by atoms with Gasteiger partial charge in [0, 0.05) is 18.6 Å². The Hall–Kier alpha value is -0.620. The Morgan fingerprint density at radius 3 is 2.05 bits per heavy atom. The van der Waals surface area contributed by atoms with Gasteiger partial charge in [-0.15, -0.1) is 0 Å². The summed E-state index contributed by atoms with van der Waals surface area (Å²) in [6, 6.07) is 1.04. The maximum absolute atomic E-state index is 11.8. The number of rotatable bonds is 8. The molecule has 0 amide bonds. The van der Waals surface area contributed by atoms with Crippen LogP contribution in [0.5, 0.6) is 0 Å². The van der Waals surface area contributed by atoms with Crippen molar-refractivity contribution in [2.24, 2.45) is 5.92 Å². The molecule has 2 saturated carbocycles. The van der Waals surface area contributed by atoms with E-state index >= 15 is 0 Å². The molecule has 0 aromatic rings. The lowest BCUT2D eigenvalue weighted by Gasteiger charge is -2.37. The molecule has 0 spiro atoms. The Bertz CT molecular complexity index is 450. The summed E-state index contributed by atoms with van der Waals surface area (Å²) >= 11 is 0. The molecule has 6 heteroatoms. The van der Waals surface area contributed by atoms with E-state index in [1.165, 1.54) is 19.3 Å². The fourth-order valence-corrected chi connectivity index (χ4v) is 4.47. The molecule has 5 nitrogen and oxygen atoms in total. The summed E-state index contributed by atoms with van der Waals surface area (Å²) < 4.78 is 23.5. The van der Waals surface area contributed by atoms with Gasteiger partial charge in [-0.2, -0.15) is 0 Å². The molecule has 122 valence electrons. The summed E-state index contributed by atoms with van der Waals surface area (Å²) in [5, 5.41) is 8.65. The van der Waals surface area contributed by atoms with Gasteiger partial charge in [0.15, 0.2) is 9.84 Å². The van der Waals surface area contributed by atoms with Crippen molar-refractivity contribution in [3.8, 4) is 0 Å². The molecule has 2 aliphatic carbocycles. The van der Waals surface area contributed by atoms with E-state index in [0.29, 0.717) is 18.6 Å². The van der Waals surface area contributed by atoms with Gasteiger partial charge in [0.05, 0.1) is 5.75 Å². The lowest BCUT2D eigenvalue weighted by Crippen LogP contribution is -2.42. The fraction of sp³-hybridized carbons (Fsp3) is 0.933. The number of carbonyl (C=O) groups is 1. The van der Waals surface area contributed by atoms with Crippen molar-refractivity contribution >= 4 is 15.8 Å². The lowest BCUT2D eigenvalue weighted by atomic mass is 9.84. The Labute approximate surface area is 127 Å². The molecule has 2 rings (SSSR count). The molecule has 2 aliphatic rings. The zero-order valence-corrected chi connectivity index (χ0v) is 13.6. The highest BCUT2D eigenvalue weighted by Gasteiger charge is 2.36. The first-order chi connectivity index (χ1) is 9.91. The first-order valence-corrected chi connectivity index (χ1v) is 9.91. The Morgan fingerprint density at radius 2 is 1.62 bits per heavy atom. The number of hydrogen-bond donors (Lipinski definition) is 1. The zero-order valence-electron chi connectivity index (χ0n) is 12.8. The van der Waals surface area contributed by atoms with E-state index < -0.39 is 21.6 Å². The summed E-state index contributed by atoms with van der Waals surface area (Å²) in [7, 11) is -3.48. The Balaban J connectivity index is 1.87. The largest absolute Gasteiger partial charge is 0.480 e. The van der Waals surface area contributed by atoms with Crippen molar-refractivity contribution in [1.82, 2.24) is 4.90 Å². The van der Waals surface area contributed by atoms with Gasteiger partial charge in [-0.25, -0.2) is 8.42 Å². The molecule has 0 heterocycles. The van der Waals surface area contributed by atoms with Crippen LogP contribution in [0.4, 0.5) is 0 Å². The molecule has 0 aromatic heterocycles. The zero-order chi connectivity index (χ0) is 15.5. The predicted octanol–water partition coefficient (Wildman–Crippen LogP) is 1.92. The number of sulfone groups is 1. The average molecular weight is 317 g/mol. The van der Waals surface area contributed by atoms with Crippen LogP contribution < -0.4 is 0 Å². The molecule has 0 atom stereocenters. The van der Waals surface area contributed by atoms with E-state index in [1.807, 2.05) is 0 Å². The number of nitrogens with zero attached hydrogens (tertiary/aromatic N) is 1. The van der Waals surface area contributed by atoms with Gasteiger partial charge >= 0.3 is 5.97 Å². The number of carboxylic acid groups (broad SMARTS) is 1. The number of aliphatic carboxylic acids is 1. The Kier molecular flexibility index (Phi) is 5.66. The molecule has 0 bridgehead atoms. The minimum Gasteiger partial charge on any atom is -0.480 e. The van der Waals surface area contributed by atoms with E-state index in [2.05, 4.69) is 11.8 Å². The summed E-state index contributed by atoms with van der Waals surface area (Å²) in [4.78, 5) is 12.9. The first kappa shape index (κ1) is 16.7. The van der Waals surface area contributed by atoms with Crippen molar-refractivity contribution in [2.75, 3.05) is 18.1 Å². The normalized spacial score (nSPS) is 27.0. The molecule has 1 N–H and O–H groups in total. The van der Waals surface area contributed by atoms with Gasteiger partial charge < -0.3 is 5.11 Å². The van der Waals surface area contributed by atoms with Gasteiger partial charge in [0.1, 0.15) is 5.75 Å². The second kappa shape index (κ2) is 7.09. The molecule has 0 aromatic carbocycles. The SMILES string of the molecule is CCC1CCC(N(CCS(=O)(=O)CC(=O)O)C2CC2)CC1. The van der Waals surface area contributed by atoms with Gasteiger partial charge in [-0.1, -0.05) is 13.3 Å². The van der Waals surface area contributed by atoms with Gasteiger partial charge in [0.2, 0.25) is 0 Å². The first-order valence-electron chi connectivity index (χ1n) is 8.09. The van der Waals surface area contributed by atoms with E-state index in [-0.39, 0.29) is 5.75 Å². The summed E-state index contributed by atoms with van der Waals surface area (Å²) in [6.45, 7) is 2.74. The van der Waals surface area contributed by atoms with Crippen LogP contribution in [0.1, 0.15) is 51.9 Å². The van der Waals surface area contributed by atoms with Crippen LogP contribution in [0.15, 0.2) is 0 Å². The highest BCUT2D eigenvalue weighted by atomic mass is 32.2. The molecule has 0 unspecified atom stereocenters. The molecular formula is C15H27NO4S. The molecular weight excluding hydrogens is 290 g/mol. The second-order valence-corrected chi connectivity index (χ2v) is 8.72. The average Bonchev–Trinajstić information content (AvgIpc) is 3.22. The van der Waals surface area contributed by atoms with Crippen LogP contribution in [0.3, 0.4) is 0 Å². The molecule has 0 aliphatic heterocycles. The third kappa shape index (κ3) is 5.25. The summed E-state index contributed by atoms with van der Waals surface area (Å²) in [5.74, 6) is -1.19. The van der Waals surface area contributed by atoms with E-state index in [0.717, 1.165) is 31.6 Å². The van der Waals surface area contributed by atoms with Crippen LogP contribution in [0, 0.1) is 5.92 Å². The van der Waals surface area contributed by atoms with Gasteiger partial charge in [-0.05, 0) is 44.4 Å². The van der Waals surface area contributed by atoms with Gasteiger partial charge in [-0.3, -0.25) is 9.69 Å². The summed E-state index contributed by atoms with van der Waals surface area (Å²) in [6.07, 6.45) is 8.36. The van der Waals surface area contributed by atoms with Crippen molar-refractivity contribution in [3.05, 3.63) is 0 Å². The van der Waals surface area contributed by atoms with E-state index in [1.54, 1.807) is 0 Å². The predicted molar refractivity (Wildman–Crippen MR) is 82.1 cm³/mol. The minimum atomic E-state index is -3.48. The van der Waals surface area contributed by atoms with Crippen molar-refractivity contribution < 1.29 is 18.3 Å². The van der Waals surface area contributed by atoms with Crippen molar-refractivity contribution in [1.29, 1.82) is 0 Å². The standard InChI is InChI=1S/C15H27NO4S/c1-2-12-3-5-13(6-4-12)16(14-7-8-14)9-10-21(19,20)11-15(17)18/h12-14H,2-11H2,1H3,(H,17,18). The van der Waals surface area contributed by atoms with Crippen LogP contribution in [0.25, 0.3) is 0 Å². The third-order valence-corrected chi connectivity index (χ3v) is 6.37. The minimum absolute atomic E-state index is 0.0243. The lowest BCUT2D eigenvalue weighted by molar-refractivity contribution is -0.134. The molecule has 2 fully saturated rings. The third-order valence-electron chi connectivity index (χ3n) is 4.88. The molecule has 0 saturated heterocycles. The van der Waals surface area contributed by atoms with Crippen molar-refractivity contribution in [2.45, 2.75) is 64.0 Å². The van der Waals surface area contributed by atoms with Crippen LogP contribution in [-0.4, -0.2) is 54.5 Å². The van der Waals surface area contributed by atoms with Gasteiger partial charge in [0.25, 0.3) is 0 Å².